The topological polar surface area (TPSA) is 44.0 Å². The number of nitrogens with zero attached hydrogens (tertiary/aromatic N) is 1. The summed E-state index contributed by atoms with van der Waals surface area (Å²) >= 11 is 0. The highest BCUT2D eigenvalue weighted by atomic mass is 16.3. The smallest absolute Gasteiger partial charge is 0.0749 e. The van der Waals surface area contributed by atoms with E-state index >= 15 is 0 Å². The molecule has 0 aromatic heterocycles. The molecule has 1 atom stereocenters. The van der Waals surface area contributed by atoms with E-state index in [-0.39, 0.29) is 6.42 Å². The fourth-order valence-corrected chi connectivity index (χ4v) is 0.816. The maximum Gasteiger partial charge on any atom is 0.0749 e. The molecule has 0 spiro atoms. The monoisotopic (exact) mass is 141 g/mol. The SMILES string of the molecule is CCCCC(C)(O)CC#N. The van der Waals surface area contributed by atoms with Crippen molar-refractivity contribution in [1.82, 2.24) is 0 Å². The van der Waals surface area contributed by atoms with Crippen molar-refractivity contribution in [2.45, 2.75) is 45.1 Å². The maximum atomic E-state index is 9.42. The summed E-state index contributed by atoms with van der Waals surface area (Å²) in [5.74, 6) is 0. The van der Waals surface area contributed by atoms with Crippen molar-refractivity contribution in [3.8, 4) is 6.07 Å². The molecule has 0 saturated heterocycles. The van der Waals surface area contributed by atoms with Gasteiger partial charge in [0.1, 0.15) is 0 Å². The molecule has 0 bridgehead atoms. The van der Waals surface area contributed by atoms with Crippen LogP contribution in [-0.4, -0.2) is 10.7 Å². The van der Waals surface area contributed by atoms with E-state index in [9.17, 15) is 5.11 Å². The molecule has 0 aromatic rings. The summed E-state index contributed by atoms with van der Waals surface area (Å²) in [5.41, 5.74) is -0.759. The molecule has 0 fully saturated rings. The van der Waals surface area contributed by atoms with E-state index in [0.717, 1.165) is 19.3 Å². The minimum Gasteiger partial charge on any atom is -0.389 e. The van der Waals surface area contributed by atoms with Gasteiger partial charge in [-0.05, 0) is 13.3 Å². The minimum atomic E-state index is -0.759. The van der Waals surface area contributed by atoms with E-state index in [1.165, 1.54) is 0 Å². The lowest BCUT2D eigenvalue weighted by molar-refractivity contribution is 0.0535. The van der Waals surface area contributed by atoms with Crippen LogP contribution in [0.2, 0.25) is 0 Å². The van der Waals surface area contributed by atoms with Crippen LogP contribution in [0.15, 0.2) is 0 Å². The third-order valence-electron chi connectivity index (χ3n) is 1.53. The summed E-state index contributed by atoms with van der Waals surface area (Å²) in [6, 6.07) is 1.97. The molecule has 1 unspecified atom stereocenters. The van der Waals surface area contributed by atoms with Gasteiger partial charge in [-0.3, -0.25) is 0 Å². The Balaban J connectivity index is 3.55. The zero-order chi connectivity index (χ0) is 8.04. The van der Waals surface area contributed by atoms with Crippen molar-refractivity contribution in [2.75, 3.05) is 0 Å². The van der Waals surface area contributed by atoms with Crippen molar-refractivity contribution in [1.29, 1.82) is 5.26 Å². The zero-order valence-electron chi connectivity index (χ0n) is 6.72. The lowest BCUT2D eigenvalue weighted by Crippen LogP contribution is -2.22. The van der Waals surface area contributed by atoms with Crippen LogP contribution in [0.3, 0.4) is 0 Å². The van der Waals surface area contributed by atoms with Crippen LogP contribution in [0.5, 0.6) is 0 Å². The average Bonchev–Trinajstić information content (AvgIpc) is 1.84. The lowest BCUT2D eigenvalue weighted by Gasteiger charge is -2.18. The Kier molecular flexibility index (Phi) is 4.06. The van der Waals surface area contributed by atoms with Gasteiger partial charge in [0.15, 0.2) is 0 Å². The van der Waals surface area contributed by atoms with Gasteiger partial charge in [0, 0.05) is 0 Å². The molecule has 0 aliphatic rings. The molecule has 0 aromatic carbocycles. The maximum absolute atomic E-state index is 9.42. The van der Waals surface area contributed by atoms with Crippen LogP contribution in [0, 0.1) is 11.3 Å². The van der Waals surface area contributed by atoms with Crippen LogP contribution in [0.25, 0.3) is 0 Å². The summed E-state index contributed by atoms with van der Waals surface area (Å²) in [6.45, 7) is 3.79. The van der Waals surface area contributed by atoms with Gasteiger partial charge in [0.25, 0.3) is 0 Å². The highest BCUT2D eigenvalue weighted by Crippen LogP contribution is 2.16. The van der Waals surface area contributed by atoms with Gasteiger partial charge in [-0.1, -0.05) is 19.8 Å². The second-order valence-electron chi connectivity index (χ2n) is 2.94. The molecule has 2 nitrogen and oxygen atoms in total. The van der Waals surface area contributed by atoms with Crippen molar-refractivity contribution in [3.63, 3.8) is 0 Å². The Labute approximate surface area is 62.5 Å². The second-order valence-corrected chi connectivity index (χ2v) is 2.94. The van der Waals surface area contributed by atoms with E-state index in [1.54, 1.807) is 6.92 Å². The molecule has 2 heteroatoms. The predicted molar refractivity (Wildman–Crippen MR) is 40.4 cm³/mol. The van der Waals surface area contributed by atoms with Gasteiger partial charge in [0.05, 0.1) is 18.1 Å². The fraction of sp³-hybridized carbons (Fsp3) is 0.875. The molecule has 0 amide bonds. The first-order valence-corrected chi connectivity index (χ1v) is 3.71. The third-order valence-corrected chi connectivity index (χ3v) is 1.53. The molecule has 10 heavy (non-hydrogen) atoms. The van der Waals surface area contributed by atoms with Crippen molar-refractivity contribution in [3.05, 3.63) is 0 Å². The lowest BCUT2D eigenvalue weighted by atomic mass is 9.96. The Morgan fingerprint density at radius 1 is 1.60 bits per heavy atom. The predicted octanol–water partition coefficient (Wildman–Crippen LogP) is 1.84. The van der Waals surface area contributed by atoms with Gasteiger partial charge < -0.3 is 5.11 Å². The van der Waals surface area contributed by atoms with Crippen LogP contribution < -0.4 is 0 Å². The zero-order valence-corrected chi connectivity index (χ0v) is 6.72. The van der Waals surface area contributed by atoms with Crippen molar-refractivity contribution in [2.24, 2.45) is 0 Å². The van der Waals surface area contributed by atoms with Crippen LogP contribution in [0.1, 0.15) is 39.5 Å². The highest BCUT2D eigenvalue weighted by molar-refractivity contribution is 4.84. The first-order chi connectivity index (χ1) is 4.62. The Morgan fingerprint density at radius 2 is 2.20 bits per heavy atom. The quantitative estimate of drug-likeness (QED) is 0.649. The van der Waals surface area contributed by atoms with E-state index in [1.807, 2.05) is 6.07 Å². The van der Waals surface area contributed by atoms with E-state index in [0.29, 0.717) is 0 Å². The number of rotatable bonds is 4. The summed E-state index contributed by atoms with van der Waals surface area (Å²) < 4.78 is 0. The van der Waals surface area contributed by atoms with E-state index < -0.39 is 5.60 Å². The summed E-state index contributed by atoms with van der Waals surface area (Å²) in [6.07, 6.45) is 3.04. The van der Waals surface area contributed by atoms with Gasteiger partial charge in [-0.2, -0.15) is 5.26 Å². The number of unbranched alkanes of at least 4 members (excludes halogenated alkanes) is 1. The number of aliphatic hydroxyl groups is 1. The Hall–Kier alpha value is -0.550. The second kappa shape index (κ2) is 4.29. The molecular weight excluding hydrogens is 126 g/mol. The third kappa shape index (κ3) is 4.34. The molecule has 0 aliphatic carbocycles. The molecule has 0 radical (unpaired) electrons. The van der Waals surface area contributed by atoms with Crippen LogP contribution in [0.4, 0.5) is 0 Å². The molecule has 0 heterocycles. The summed E-state index contributed by atoms with van der Waals surface area (Å²) in [4.78, 5) is 0. The van der Waals surface area contributed by atoms with Crippen LogP contribution in [-0.2, 0) is 0 Å². The standard InChI is InChI=1S/C8H15NO/c1-3-4-5-8(2,10)6-7-9/h10H,3-6H2,1-2H3. The molecule has 58 valence electrons. The molecule has 0 saturated carbocycles. The number of hydrogen-bond donors (Lipinski definition) is 1. The van der Waals surface area contributed by atoms with E-state index in [4.69, 9.17) is 5.26 Å². The minimum absolute atomic E-state index is 0.243. The van der Waals surface area contributed by atoms with Gasteiger partial charge in [-0.15, -0.1) is 0 Å². The van der Waals surface area contributed by atoms with Gasteiger partial charge in [-0.25, -0.2) is 0 Å². The molecule has 1 N–H and O–H groups in total. The number of hydrogen-bond acceptors (Lipinski definition) is 2. The largest absolute Gasteiger partial charge is 0.389 e. The first kappa shape index (κ1) is 9.45. The molecular formula is C8H15NO. The number of nitriles is 1. The van der Waals surface area contributed by atoms with E-state index in [2.05, 4.69) is 6.92 Å². The Morgan fingerprint density at radius 3 is 2.60 bits per heavy atom. The Bertz CT molecular complexity index is 124. The fourth-order valence-electron chi connectivity index (χ4n) is 0.816. The van der Waals surface area contributed by atoms with Crippen LogP contribution >= 0.6 is 0 Å². The van der Waals surface area contributed by atoms with Crippen molar-refractivity contribution < 1.29 is 5.11 Å². The van der Waals surface area contributed by atoms with Gasteiger partial charge >= 0.3 is 0 Å². The first-order valence-electron chi connectivity index (χ1n) is 3.71. The molecule has 0 rings (SSSR count). The average molecular weight is 141 g/mol. The summed E-state index contributed by atoms with van der Waals surface area (Å²) in [7, 11) is 0. The highest BCUT2D eigenvalue weighted by Gasteiger charge is 2.18. The normalized spacial score (nSPS) is 15.8. The van der Waals surface area contributed by atoms with Gasteiger partial charge in [0.2, 0.25) is 0 Å². The molecule has 0 aliphatic heterocycles. The summed E-state index contributed by atoms with van der Waals surface area (Å²) in [5, 5.41) is 17.7. The van der Waals surface area contributed by atoms with Crippen molar-refractivity contribution >= 4 is 0 Å².